The minimum atomic E-state index is -0.133. The number of carbonyl (C=O) groups excluding carboxylic acids is 1. The summed E-state index contributed by atoms with van der Waals surface area (Å²) in [6, 6.07) is 12.9. The van der Waals surface area contributed by atoms with Crippen LogP contribution < -0.4 is 10.1 Å². The average Bonchev–Trinajstić information content (AvgIpc) is 3.10. The molecular weight excluding hydrogens is 386 g/mol. The van der Waals surface area contributed by atoms with Crippen LogP contribution in [0.1, 0.15) is 17.0 Å². The number of ether oxygens (including phenoxy) is 1. The average molecular weight is 404 g/mol. The Kier molecular flexibility index (Phi) is 6.36. The van der Waals surface area contributed by atoms with E-state index in [1.54, 1.807) is 24.3 Å². The van der Waals surface area contributed by atoms with Gasteiger partial charge in [0.15, 0.2) is 6.61 Å². The number of nitrogens with one attached hydrogen (secondary N) is 1. The number of nitrogens with zero attached hydrogens (tertiary/aromatic N) is 2. The highest BCUT2D eigenvalue weighted by molar-refractivity contribution is 7.99. The quantitative estimate of drug-likeness (QED) is 0.578. The van der Waals surface area contributed by atoms with E-state index in [1.807, 2.05) is 32.0 Å². The van der Waals surface area contributed by atoms with E-state index in [1.165, 1.54) is 11.8 Å². The van der Waals surface area contributed by atoms with Gasteiger partial charge < -0.3 is 14.5 Å². The van der Waals surface area contributed by atoms with Crippen molar-refractivity contribution in [1.29, 1.82) is 0 Å². The molecule has 0 saturated heterocycles. The standard InChI is InChI=1S/C19H18ClN3O3S/c1-12-3-4-13(2)16(9-12)21-17(24)11-27-19-23-22-18(26-19)10-25-15-7-5-14(20)6-8-15/h3-9H,10-11H2,1-2H3,(H,21,24). The van der Waals surface area contributed by atoms with E-state index in [9.17, 15) is 4.79 Å². The van der Waals surface area contributed by atoms with Crippen molar-refractivity contribution in [3.8, 4) is 5.75 Å². The van der Waals surface area contributed by atoms with Gasteiger partial charge in [0.25, 0.3) is 11.1 Å². The fraction of sp³-hybridized carbons (Fsp3) is 0.211. The number of anilines is 1. The molecule has 0 aliphatic rings. The number of benzene rings is 2. The van der Waals surface area contributed by atoms with Gasteiger partial charge >= 0.3 is 0 Å². The highest BCUT2D eigenvalue weighted by atomic mass is 35.5. The Bertz CT molecular complexity index is 928. The summed E-state index contributed by atoms with van der Waals surface area (Å²) in [5.41, 5.74) is 2.91. The summed E-state index contributed by atoms with van der Waals surface area (Å²) in [6.07, 6.45) is 0. The molecule has 1 aromatic heterocycles. The zero-order chi connectivity index (χ0) is 19.2. The molecule has 6 nitrogen and oxygen atoms in total. The van der Waals surface area contributed by atoms with Crippen LogP contribution in [0.4, 0.5) is 5.69 Å². The number of aryl methyl sites for hydroxylation is 2. The molecule has 27 heavy (non-hydrogen) atoms. The number of rotatable bonds is 7. The van der Waals surface area contributed by atoms with Gasteiger partial charge in [0, 0.05) is 10.7 Å². The van der Waals surface area contributed by atoms with E-state index < -0.39 is 0 Å². The Labute approximate surface area is 166 Å². The third-order valence-electron chi connectivity index (χ3n) is 3.62. The summed E-state index contributed by atoms with van der Waals surface area (Å²) in [4.78, 5) is 12.1. The van der Waals surface area contributed by atoms with Gasteiger partial charge in [-0.05, 0) is 55.3 Å². The highest BCUT2D eigenvalue weighted by Crippen LogP contribution is 2.21. The molecule has 8 heteroatoms. The van der Waals surface area contributed by atoms with Crippen LogP contribution in [0.3, 0.4) is 0 Å². The molecule has 0 saturated carbocycles. The summed E-state index contributed by atoms with van der Waals surface area (Å²) < 4.78 is 11.0. The van der Waals surface area contributed by atoms with Crippen LogP contribution in [0.2, 0.25) is 5.02 Å². The normalized spacial score (nSPS) is 10.6. The Morgan fingerprint density at radius 3 is 2.74 bits per heavy atom. The Morgan fingerprint density at radius 1 is 1.19 bits per heavy atom. The van der Waals surface area contributed by atoms with Gasteiger partial charge in [-0.25, -0.2) is 0 Å². The zero-order valence-corrected chi connectivity index (χ0v) is 16.4. The van der Waals surface area contributed by atoms with Crippen molar-refractivity contribution in [2.75, 3.05) is 11.1 Å². The molecule has 0 spiro atoms. The highest BCUT2D eigenvalue weighted by Gasteiger charge is 2.11. The van der Waals surface area contributed by atoms with E-state index in [2.05, 4.69) is 15.5 Å². The van der Waals surface area contributed by atoms with Crippen molar-refractivity contribution in [2.24, 2.45) is 0 Å². The molecule has 0 radical (unpaired) electrons. The molecule has 0 aliphatic heterocycles. The Hall–Kier alpha value is -2.51. The maximum Gasteiger partial charge on any atom is 0.277 e. The lowest BCUT2D eigenvalue weighted by Crippen LogP contribution is -2.14. The minimum Gasteiger partial charge on any atom is -0.484 e. The van der Waals surface area contributed by atoms with Crippen LogP contribution >= 0.6 is 23.4 Å². The molecule has 1 N–H and O–H groups in total. The molecule has 3 rings (SSSR count). The third-order valence-corrected chi connectivity index (χ3v) is 4.69. The summed E-state index contributed by atoms with van der Waals surface area (Å²) in [7, 11) is 0. The number of hydrogen-bond acceptors (Lipinski definition) is 6. The van der Waals surface area contributed by atoms with Crippen LogP contribution in [-0.4, -0.2) is 21.9 Å². The van der Waals surface area contributed by atoms with Gasteiger partial charge in [-0.2, -0.15) is 0 Å². The first-order valence-corrected chi connectivity index (χ1v) is 9.56. The molecular formula is C19H18ClN3O3S. The van der Waals surface area contributed by atoms with Gasteiger partial charge in [-0.1, -0.05) is 35.5 Å². The molecule has 0 aliphatic carbocycles. The van der Waals surface area contributed by atoms with E-state index in [0.717, 1.165) is 16.8 Å². The fourth-order valence-corrected chi connectivity index (χ4v) is 2.92. The molecule has 1 heterocycles. The molecule has 0 fully saturated rings. The van der Waals surface area contributed by atoms with E-state index in [-0.39, 0.29) is 18.3 Å². The van der Waals surface area contributed by atoms with Gasteiger partial charge in [-0.3, -0.25) is 4.79 Å². The van der Waals surface area contributed by atoms with E-state index in [0.29, 0.717) is 21.9 Å². The second-order valence-electron chi connectivity index (χ2n) is 5.86. The van der Waals surface area contributed by atoms with Crippen molar-refractivity contribution in [3.05, 3.63) is 64.5 Å². The number of carbonyl (C=O) groups is 1. The summed E-state index contributed by atoms with van der Waals surface area (Å²) in [6.45, 7) is 4.08. The number of amides is 1. The SMILES string of the molecule is Cc1ccc(C)c(NC(=O)CSc2nnc(COc3ccc(Cl)cc3)o2)c1. The molecule has 2 aromatic carbocycles. The summed E-state index contributed by atoms with van der Waals surface area (Å²) in [5.74, 6) is 1.03. The third kappa shape index (κ3) is 5.74. The number of halogens is 1. The molecule has 0 bridgehead atoms. The number of thioether (sulfide) groups is 1. The second kappa shape index (κ2) is 8.92. The second-order valence-corrected chi connectivity index (χ2v) is 7.22. The molecule has 0 unspecified atom stereocenters. The monoisotopic (exact) mass is 403 g/mol. The Morgan fingerprint density at radius 2 is 1.96 bits per heavy atom. The molecule has 140 valence electrons. The number of hydrogen-bond donors (Lipinski definition) is 1. The first-order valence-electron chi connectivity index (χ1n) is 8.20. The van der Waals surface area contributed by atoms with Gasteiger partial charge in [0.2, 0.25) is 5.91 Å². The molecule has 0 atom stereocenters. The van der Waals surface area contributed by atoms with Crippen molar-refractivity contribution in [1.82, 2.24) is 10.2 Å². The van der Waals surface area contributed by atoms with Gasteiger partial charge in [0.1, 0.15) is 5.75 Å². The smallest absolute Gasteiger partial charge is 0.277 e. The van der Waals surface area contributed by atoms with E-state index in [4.69, 9.17) is 20.8 Å². The first-order chi connectivity index (χ1) is 13.0. The summed E-state index contributed by atoms with van der Waals surface area (Å²) >= 11 is 7.00. The maximum atomic E-state index is 12.1. The van der Waals surface area contributed by atoms with Crippen molar-refractivity contribution >= 4 is 35.0 Å². The lowest BCUT2D eigenvalue weighted by molar-refractivity contribution is -0.113. The van der Waals surface area contributed by atoms with Crippen LogP contribution in [0.15, 0.2) is 52.1 Å². The van der Waals surface area contributed by atoms with Crippen LogP contribution in [0.5, 0.6) is 5.75 Å². The minimum absolute atomic E-state index is 0.133. The maximum absolute atomic E-state index is 12.1. The largest absolute Gasteiger partial charge is 0.484 e. The predicted octanol–water partition coefficient (Wildman–Crippen LogP) is 4.65. The van der Waals surface area contributed by atoms with Crippen molar-refractivity contribution in [2.45, 2.75) is 25.7 Å². The Balaban J connectivity index is 1.48. The van der Waals surface area contributed by atoms with Crippen LogP contribution in [0, 0.1) is 13.8 Å². The zero-order valence-electron chi connectivity index (χ0n) is 14.9. The van der Waals surface area contributed by atoms with Gasteiger partial charge in [-0.15, -0.1) is 10.2 Å². The lowest BCUT2D eigenvalue weighted by atomic mass is 10.1. The van der Waals surface area contributed by atoms with Gasteiger partial charge in [0.05, 0.1) is 5.75 Å². The molecule has 1 amide bonds. The number of aromatic nitrogens is 2. The van der Waals surface area contributed by atoms with Crippen molar-refractivity contribution < 1.29 is 13.9 Å². The fourth-order valence-electron chi connectivity index (χ4n) is 2.21. The molecule has 3 aromatic rings. The lowest BCUT2D eigenvalue weighted by Gasteiger charge is -2.08. The first kappa shape index (κ1) is 19.3. The summed E-state index contributed by atoms with van der Waals surface area (Å²) in [5, 5.41) is 11.7. The van der Waals surface area contributed by atoms with Crippen LogP contribution in [-0.2, 0) is 11.4 Å². The van der Waals surface area contributed by atoms with E-state index >= 15 is 0 Å². The topological polar surface area (TPSA) is 77.2 Å². The van der Waals surface area contributed by atoms with Crippen LogP contribution in [0.25, 0.3) is 0 Å². The van der Waals surface area contributed by atoms with Crippen molar-refractivity contribution in [3.63, 3.8) is 0 Å². The predicted molar refractivity (Wildman–Crippen MR) is 105 cm³/mol.